The van der Waals surface area contributed by atoms with Crippen molar-refractivity contribution in [3.05, 3.63) is 66.0 Å². The Bertz CT molecular complexity index is 976. The Kier molecular flexibility index (Phi) is 6.99. The molecule has 3 rings (SSSR count). The van der Waals surface area contributed by atoms with Gasteiger partial charge in [0.25, 0.3) is 0 Å². The number of carbonyl (C=O) groups is 1. The van der Waals surface area contributed by atoms with E-state index in [0.29, 0.717) is 23.8 Å². The number of nitrogens with zero attached hydrogens (tertiary/aromatic N) is 3. The Morgan fingerprint density at radius 2 is 1.80 bits per heavy atom. The van der Waals surface area contributed by atoms with Crippen LogP contribution < -0.4 is 10.1 Å². The number of hydrogen-bond acceptors (Lipinski definition) is 5. The van der Waals surface area contributed by atoms with Crippen LogP contribution in [0, 0.1) is 0 Å². The zero-order chi connectivity index (χ0) is 21.6. The lowest BCUT2D eigenvalue weighted by Crippen LogP contribution is -2.17. The second-order valence-electron chi connectivity index (χ2n) is 6.21. The molecule has 1 heterocycles. The van der Waals surface area contributed by atoms with Crippen molar-refractivity contribution in [2.24, 2.45) is 0 Å². The fourth-order valence-corrected chi connectivity index (χ4v) is 3.54. The lowest BCUT2D eigenvalue weighted by molar-refractivity contribution is -0.274. The number of ether oxygens (including phenoxy) is 1. The van der Waals surface area contributed by atoms with Crippen molar-refractivity contribution in [1.29, 1.82) is 0 Å². The van der Waals surface area contributed by atoms with Crippen molar-refractivity contribution in [2.75, 3.05) is 11.1 Å². The maximum absolute atomic E-state index is 12.2. The number of benzene rings is 2. The van der Waals surface area contributed by atoms with Gasteiger partial charge in [0, 0.05) is 18.7 Å². The molecule has 0 aliphatic carbocycles. The number of halogens is 3. The van der Waals surface area contributed by atoms with Crippen molar-refractivity contribution in [3.8, 4) is 5.75 Å². The third kappa shape index (κ3) is 6.24. The van der Waals surface area contributed by atoms with E-state index in [-0.39, 0.29) is 17.4 Å². The summed E-state index contributed by atoms with van der Waals surface area (Å²) in [5, 5.41) is 11.7. The molecule has 1 amide bonds. The summed E-state index contributed by atoms with van der Waals surface area (Å²) < 4.78 is 42.3. The standard InChI is InChI=1S/C20H19F3N4O2S/c1-2-27-17(12-14-6-4-3-5-7-14)25-26-19(27)30-13-18(28)24-15-8-10-16(11-9-15)29-20(21,22)23/h3-11H,2,12-13H2,1H3,(H,24,28). The van der Waals surface area contributed by atoms with E-state index in [4.69, 9.17) is 0 Å². The summed E-state index contributed by atoms with van der Waals surface area (Å²) in [7, 11) is 0. The van der Waals surface area contributed by atoms with Crippen LogP contribution >= 0.6 is 11.8 Å². The Morgan fingerprint density at radius 1 is 1.10 bits per heavy atom. The van der Waals surface area contributed by atoms with Crippen molar-refractivity contribution < 1.29 is 22.7 Å². The molecule has 0 atom stereocenters. The SMILES string of the molecule is CCn1c(Cc2ccccc2)nnc1SCC(=O)Nc1ccc(OC(F)(F)F)cc1. The van der Waals surface area contributed by atoms with Crippen LogP contribution in [0.25, 0.3) is 0 Å². The fourth-order valence-electron chi connectivity index (χ4n) is 2.72. The first-order chi connectivity index (χ1) is 14.3. The van der Waals surface area contributed by atoms with E-state index in [0.717, 1.165) is 23.5 Å². The molecule has 10 heteroatoms. The van der Waals surface area contributed by atoms with Gasteiger partial charge in [0.15, 0.2) is 5.16 Å². The number of alkyl halides is 3. The molecule has 0 bridgehead atoms. The summed E-state index contributed by atoms with van der Waals surface area (Å²) in [6.07, 6.45) is -4.11. The van der Waals surface area contributed by atoms with Gasteiger partial charge in [-0.3, -0.25) is 4.79 Å². The molecule has 0 saturated carbocycles. The van der Waals surface area contributed by atoms with Crippen LogP contribution in [0.1, 0.15) is 18.3 Å². The molecule has 0 saturated heterocycles. The summed E-state index contributed by atoms with van der Waals surface area (Å²) in [5.74, 6) is 0.244. The molecular formula is C20H19F3N4O2S. The minimum atomic E-state index is -4.75. The van der Waals surface area contributed by atoms with Gasteiger partial charge in [0.1, 0.15) is 11.6 Å². The van der Waals surface area contributed by atoms with Gasteiger partial charge in [-0.05, 0) is 36.8 Å². The summed E-state index contributed by atoms with van der Waals surface area (Å²) in [6, 6.07) is 14.9. The van der Waals surface area contributed by atoms with E-state index in [2.05, 4.69) is 20.3 Å². The Labute approximate surface area is 175 Å². The third-order valence-corrected chi connectivity index (χ3v) is 4.99. The van der Waals surface area contributed by atoms with Crippen LogP contribution in [0.3, 0.4) is 0 Å². The zero-order valence-corrected chi connectivity index (χ0v) is 16.8. The molecule has 0 aliphatic rings. The molecular weight excluding hydrogens is 417 g/mol. The second-order valence-corrected chi connectivity index (χ2v) is 7.16. The molecule has 1 N–H and O–H groups in total. The van der Waals surface area contributed by atoms with Gasteiger partial charge in [-0.1, -0.05) is 42.1 Å². The second kappa shape index (κ2) is 9.66. The third-order valence-electron chi connectivity index (χ3n) is 4.02. The normalized spacial score (nSPS) is 11.3. The van der Waals surface area contributed by atoms with Crippen LogP contribution in [-0.4, -0.2) is 32.8 Å². The molecule has 158 valence electrons. The minimum Gasteiger partial charge on any atom is -0.406 e. The maximum Gasteiger partial charge on any atom is 0.573 e. The molecule has 2 aromatic carbocycles. The van der Waals surface area contributed by atoms with E-state index in [1.165, 1.54) is 23.9 Å². The van der Waals surface area contributed by atoms with E-state index < -0.39 is 6.36 Å². The van der Waals surface area contributed by atoms with E-state index in [9.17, 15) is 18.0 Å². The molecule has 0 unspecified atom stereocenters. The number of nitrogens with one attached hydrogen (secondary N) is 1. The highest BCUT2D eigenvalue weighted by Crippen LogP contribution is 2.24. The van der Waals surface area contributed by atoms with Gasteiger partial charge >= 0.3 is 6.36 Å². The number of carbonyl (C=O) groups excluding carboxylic acids is 1. The van der Waals surface area contributed by atoms with Crippen LogP contribution in [0.15, 0.2) is 59.8 Å². The van der Waals surface area contributed by atoms with Gasteiger partial charge in [0.05, 0.1) is 5.75 Å². The van der Waals surface area contributed by atoms with Crippen molar-refractivity contribution in [3.63, 3.8) is 0 Å². The predicted octanol–water partition coefficient (Wildman–Crippen LogP) is 4.52. The predicted molar refractivity (Wildman–Crippen MR) is 107 cm³/mol. The quantitative estimate of drug-likeness (QED) is 0.526. The topological polar surface area (TPSA) is 69.0 Å². The number of anilines is 1. The summed E-state index contributed by atoms with van der Waals surface area (Å²) in [6.45, 7) is 2.65. The number of amides is 1. The molecule has 30 heavy (non-hydrogen) atoms. The van der Waals surface area contributed by atoms with Gasteiger partial charge in [-0.15, -0.1) is 23.4 Å². The Hall–Kier alpha value is -3.01. The largest absolute Gasteiger partial charge is 0.573 e. The molecule has 0 fully saturated rings. The number of hydrogen-bond donors (Lipinski definition) is 1. The molecule has 0 aliphatic heterocycles. The number of thioether (sulfide) groups is 1. The number of aromatic nitrogens is 3. The Morgan fingerprint density at radius 3 is 2.43 bits per heavy atom. The molecule has 1 aromatic heterocycles. The monoisotopic (exact) mass is 436 g/mol. The zero-order valence-electron chi connectivity index (χ0n) is 16.0. The van der Waals surface area contributed by atoms with Gasteiger partial charge < -0.3 is 14.6 Å². The smallest absolute Gasteiger partial charge is 0.406 e. The first kappa shape index (κ1) is 21.7. The highest BCUT2D eigenvalue weighted by molar-refractivity contribution is 7.99. The molecule has 0 spiro atoms. The van der Waals surface area contributed by atoms with Gasteiger partial charge in [-0.25, -0.2) is 0 Å². The van der Waals surface area contributed by atoms with Crippen LogP contribution in [0.4, 0.5) is 18.9 Å². The van der Waals surface area contributed by atoms with Crippen molar-refractivity contribution in [2.45, 2.75) is 31.4 Å². The Balaban J connectivity index is 1.55. The highest BCUT2D eigenvalue weighted by atomic mass is 32.2. The minimum absolute atomic E-state index is 0.0876. The van der Waals surface area contributed by atoms with Gasteiger partial charge in [-0.2, -0.15) is 0 Å². The number of rotatable bonds is 8. The maximum atomic E-state index is 12.2. The van der Waals surface area contributed by atoms with Crippen LogP contribution in [-0.2, 0) is 17.8 Å². The average molecular weight is 436 g/mol. The summed E-state index contributed by atoms with van der Waals surface area (Å²) >= 11 is 1.25. The first-order valence-corrected chi connectivity index (χ1v) is 10.1. The average Bonchev–Trinajstić information content (AvgIpc) is 3.09. The lowest BCUT2D eigenvalue weighted by atomic mass is 10.1. The van der Waals surface area contributed by atoms with Crippen molar-refractivity contribution >= 4 is 23.4 Å². The summed E-state index contributed by atoms with van der Waals surface area (Å²) in [5.41, 5.74) is 1.49. The summed E-state index contributed by atoms with van der Waals surface area (Å²) in [4.78, 5) is 12.2. The fraction of sp³-hybridized carbons (Fsp3) is 0.250. The van der Waals surface area contributed by atoms with E-state index in [1.54, 1.807) is 0 Å². The van der Waals surface area contributed by atoms with Gasteiger partial charge in [0.2, 0.25) is 5.91 Å². The highest BCUT2D eigenvalue weighted by Gasteiger charge is 2.30. The van der Waals surface area contributed by atoms with Crippen LogP contribution in [0.5, 0.6) is 5.75 Å². The van der Waals surface area contributed by atoms with E-state index >= 15 is 0 Å². The first-order valence-electron chi connectivity index (χ1n) is 9.08. The molecule has 0 radical (unpaired) electrons. The van der Waals surface area contributed by atoms with E-state index in [1.807, 2.05) is 41.8 Å². The molecule has 6 nitrogen and oxygen atoms in total. The van der Waals surface area contributed by atoms with Crippen LogP contribution in [0.2, 0.25) is 0 Å². The molecule has 3 aromatic rings. The van der Waals surface area contributed by atoms with Crippen molar-refractivity contribution in [1.82, 2.24) is 14.8 Å². The lowest BCUT2D eigenvalue weighted by Gasteiger charge is -2.10.